The summed E-state index contributed by atoms with van der Waals surface area (Å²) < 4.78 is 56.3. The molecule has 0 bridgehead atoms. The Kier molecular flexibility index (Phi) is 10.1. The van der Waals surface area contributed by atoms with Gasteiger partial charge in [-0.3, -0.25) is 9.36 Å². The maximum Gasteiger partial charge on any atom is 0.260 e. The lowest BCUT2D eigenvalue weighted by Crippen LogP contribution is -2.43. The zero-order valence-corrected chi connectivity index (χ0v) is 30.6. The van der Waals surface area contributed by atoms with Gasteiger partial charge in [-0.25, -0.2) is 27.1 Å². The lowest BCUT2D eigenvalue weighted by molar-refractivity contribution is 0.275. The molecule has 2 aromatic carbocycles. The van der Waals surface area contributed by atoms with Crippen LogP contribution in [0.5, 0.6) is 0 Å². The third-order valence-electron chi connectivity index (χ3n) is 8.78. The number of anilines is 3. The van der Waals surface area contributed by atoms with Crippen LogP contribution in [0.1, 0.15) is 18.9 Å². The number of hydrogen-bond acceptors (Lipinski definition) is 11. The standard InChI is InChI=1S/C32H31Cl2FN8O4S3/c1-50(46,47)42-8-4-21(5-9-42)43-30-19(16-38-32(40-30)39-20-2-3-27(26(35)13-20)41-10-6-36-7-11-41)12-23(31(43)44)29-24(33)14-22(15-25(29)34)49(45)28-17-37-18-48-28/h2-3,12-18,21,36H,4-11H2,1H3,(H,38,39,40). The van der Waals surface area contributed by atoms with Crippen molar-refractivity contribution >= 4 is 84.1 Å². The molecule has 0 radical (unpaired) electrons. The third kappa shape index (κ3) is 7.08. The SMILES string of the molecule is CS(=O)(=O)N1CCC(n2c(=O)c(-c3c(Cl)cc([S+]([O-])c4cncs4)cc3Cl)cc3cnc(Nc4ccc(N5CCNCC5)c(F)c4)nc32)CC1. The summed E-state index contributed by atoms with van der Waals surface area (Å²) in [5, 5.41) is 7.09. The molecule has 2 aliphatic rings. The number of hydrogen-bond donors (Lipinski definition) is 2. The Morgan fingerprint density at radius 3 is 2.42 bits per heavy atom. The molecule has 2 N–H and O–H groups in total. The fourth-order valence-corrected chi connectivity index (χ4v) is 9.98. The number of pyridine rings is 1. The largest absolute Gasteiger partial charge is 0.606 e. The molecule has 12 nitrogen and oxygen atoms in total. The molecule has 1 atom stereocenters. The first-order valence-corrected chi connectivity index (χ1v) is 20.3. The fourth-order valence-electron chi connectivity index (χ4n) is 6.33. The van der Waals surface area contributed by atoms with Crippen LogP contribution in [-0.2, 0) is 21.2 Å². The van der Waals surface area contributed by atoms with Crippen LogP contribution in [0, 0.1) is 5.82 Å². The Labute approximate surface area is 304 Å². The van der Waals surface area contributed by atoms with Gasteiger partial charge in [0.2, 0.25) is 20.2 Å². The summed E-state index contributed by atoms with van der Waals surface area (Å²) in [6.07, 6.45) is 4.93. The Morgan fingerprint density at radius 1 is 1.06 bits per heavy atom. The fraction of sp³-hybridized carbons (Fsp3) is 0.312. The summed E-state index contributed by atoms with van der Waals surface area (Å²) in [7, 11) is -3.42. The predicted molar refractivity (Wildman–Crippen MR) is 195 cm³/mol. The minimum Gasteiger partial charge on any atom is -0.606 e. The Balaban J connectivity index is 1.29. The molecule has 0 spiro atoms. The van der Waals surface area contributed by atoms with Crippen molar-refractivity contribution in [1.82, 2.24) is 29.1 Å². The Bertz CT molecular complexity index is 2210. The normalized spacial score (nSPS) is 16.9. The molecule has 262 valence electrons. The van der Waals surface area contributed by atoms with Crippen LogP contribution in [-0.4, -0.2) is 82.3 Å². The maximum absolute atomic E-state index is 15.2. The highest BCUT2D eigenvalue weighted by Crippen LogP contribution is 2.39. The topological polar surface area (TPSA) is 148 Å². The summed E-state index contributed by atoms with van der Waals surface area (Å²) in [4.78, 5) is 30.0. The second kappa shape index (κ2) is 14.3. The number of benzene rings is 2. The molecule has 50 heavy (non-hydrogen) atoms. The van der Waals surface area contributed by atoms with Crippen molar-refractivity contribution < 1.29 is 17.4 Å². The predicted octanol–water partition coefficient (Wildman–Crippen LogP) is 5.28. The number of aromatic nitrogens is 4. The lowest BCUT2D eigenvalue weighted by Gasteiger charge is -2.32. The monoisotopic (exact) mass is 776 g/mol. The molecule has 2 fully saturated rings. The molecule has 5 aromatic rings. The molecule has 0 amide bonds. The van der Waals surface area contributed by atoms with Crippen LogP contribution < -0.4 is 21.1 Å². The molecule has 5 heterocycles. The molecule has 2 saturated heterocycles. The van der Waals surface area contributed by atoms with E-state index in [1.807, 2.05) is 4.90 Å². The maximum atomic E-state index is 15.2. The minimum atomic E-state index is -3.42. The van der Waals surface area contributed by atoms with E-state index in [-0.39, 0.29) is 46.0 Å². The van der Waals surface area contributed by atoms with Crippen molar-refractivity contribution in [3.8, 4) is 11.1 Å². The highest BCUT2D eigenvalue weighted by molar-refractivity contribution is 7.93. The van der Waals surface area contributed by atoms with Crippen LogP contribution >= 0.6 is 34.5 Å². The molecular formula is C32H31Cl2FN8O4S3. The van der Waals surface area contributed by atoms with E-state index in [4.69, 9.17) is 28.2 Å². The van der Waals surface area contributed by atoms with Crippen molar-refractivity contribution in [2.24, 2.45) is 0 Å². The van der Waals surface area contributed by atoms with E-state index in [0.29, 0.717) is 57.4 Å². The van der Waals surface area contributed by atoms with Crippen molar-refractivity contribution in [2.75, 3.05) is 55.7 Å². The highest BCUT2D eigenvalue weighted by Gasteiger charge is 2.30. The van der Waals surface area contributed by atoms with Gasteiger partial charge in [0.05, 0.1) is 39.3 Å². The van der Waals surface area contributed by atoms with Gasteiger partial charge in [0, 0.05) is 91.5 Å². The van der Waals surface area contributed by atoms with Crippen molar-refractivity contribution in [1.29, 1.82) is 0 Å². The summed E-state index contributed by atoms with van der Waals surface area (Å²) in [5.41, 5.74) is 2.83. The van der Waals surface area contributed by atoms with Crippen LogP contribution in [0.2, 0.25) is 10.0 Å². The summed E-state index contributed by atoms with van der Waals surface area (Å²) in [6.45, 7) is 3.39. The van der Waals surface area contributed by atoms with E-state index in [2.05, 4.69) is 20.6 Å². The summed E-state index contributed by atoms with van der Waals surface area (Å²) in [6, 6.07) is 9.09. The zero-order chi connectivity index (χ0) is 35.2. The number of halogens is 3. The molecule has 18 heteroatoms. The zero-order valence-electron chi connectivity index (χ0n) is 26.6. The van der Waals surface area contributed by atoms with E-state index in [1.165, 1.54) is 40.0 Å². The number of nitrogens with one attached hydrogen (secondary N) is 2. The first-order valence-electron chi connectivity index (χ1n) is 15.7. The number of thiazole rings is 1. The van der Waals surface area contributed by atoms with Gasteiger partial charge in [-0.05, 0) is 37.1 Å². The molecule has 3 aromatic heterocycles. The number of nitrogens with zero attached hydrogens (tertiary/aromatic N) is 6. The van der Waals surface area contributed by atoms with Gasteiger partial charge in [-0.2, -0.15) is 4.98 Å². The highest BCUT2D eigenvalue weighted by atomic mass is 35.5. The first-order chi connectivity index (χ1) is 24.0. The second-order valence-electron chi connectivity index (χ2n) is 12.0. The van der Waals surface area contributed by atoms with Gasteiger partial charge in [-0.1, -0.05) is 34.5 Å². The average Bonchev–Trinajstić information content (AvgIpc) is 3.63. The average molecular weight is 778 g/mol. The Morgan fingerprint density at radius 2 is 1.78 bits per heavy atom. The van der Waals surface area contributed by atoms with E-state index in [9.17, 15) is 17.8 Å². The van der Waals surface area contributed by atoms with Crippen molar-refractivity contribution in [2.45, 2.75) is 28.0 Å². The quantitative estimate of drug-likeness (QED) is 0.200. The molecule has 2 aliphatic heterocycles. The molecule has 7 rings (SSSR count). The summed E-state index contributed by atoms with van der Waals surface area (Å²) >= 11 is 13.2. The smallest absolute Gasteiger partial charge is 0.260 e. The van der Waals surface area contributed by atoms with E-state index in [0.717, 1.165) is 19.3 Å². The van der Waals surface area contributed by atoms with Gasteiger partial charge in [0.25, 0.3) is 5.56 Å². The number of sulfonamides is 1. The van der Waals surface area contributed by atoms with Gasteiger partial charge in [0.15, 0.2) is 4.90 Å². The van der Waals surface area contributed by atoms with Gasteiger partial charge >= 0.3 is 0 Å². The van der Waals surface area contributed by atoms with E-state index in [1.54, 1.807) is 34.5 Å². The lowest BCUT2D eigenvalue weighted by atomic mass is 10.0. The molecule has 0 aliphatic carbocycles. The van der Waals surface area contributed by atoms with Gasteiger partial charge in [0.1, 0.15) is 11.5 Å². The molecule has 1 unspecified atom stereocenters. The second-order valence-corrected chi connectivity index (χ2v) is 17.4. The Hall–Kier alpha value is -3.35. The van der Waals surface area contributed by atoms with E-state index >= 15 is 4.39 Å². The number of rotatable bonds is 8. The van der Waals surface area contributed by atoms with Gasteiger partial charge < -0.3 is 20.1 Å². The minimum absolute atomic E-state index is 0.130. The molecular weight excluding hydrogens is 747 g/mol. The van der Waals surface area contributed by atoms with E-state index < -0.39 is 32.8 Å². The first kappa shape index (κ1) is 35.1. The number of piperazine rings is 1. The van der Waals surface area contributed by atoms with Crippen LogP contribution in [0.25, 0.3) is 22.2 Å². The number of fused-ring (bicyclic) bond motifs is 1. The summed E-state index contributed by atoms with van der Waals surface area (Å²) in [5.74, 6) is -0.236. The third-order valence-corrected chi connectivity index (χ3v) is 13.1. The molecule has 0 saturated carbocycles. The van der Waals surface area contributed by atoms with Crippen LogP contribution in [0.3, 0.4) is 0 Å². The number of piperidine rings is 1. The van der Waals surface area contributed by atoms with Crippen LogP contribution in [0.15, 0.2) is 68.2 Å². The van der Waals surface area contributed by atoms with Crippen molar-refractivity contribution in [3.05, 3.63) is 80.5 Å². The van der Waals surface area contributed by atoms with Crippen molar-refractivity contribution in [3.63, 3.8) is 0 Å². The van der Waals surface area contributed by atoms with Gasteiger partial charge in [-0.15, -0.1) is 0 Å². The van der Waals surface area contributed by atoms with Crippen LogP contribution in [0.4, 0.5) is 21.7 Å².